The first-order chi connectivity index (χ1) is 9.99. The molecule has 1 N–H and O–H groups in total. The summed E-state index contributed by atoms with van der Waals surface area (Å²) >= 11 is 0. The van der Waals surface area contributed by atoms with E-state index in [0.717, 1.165) is 11.1 Å². The highest BCUT2D eigenvalue weighted by atomic mass is 16.4. The fourth-order valence-electron chi connectivity index (χ4n) is 2.80. The Hall–Kier alpha value is -2.09. The van der Waals surface area contributed by atoms with Gasteiger partial charge < -0.3 is 5.11 Å². The number of rotatable bonds is 5. The molecule has 0 spiro atoms. The van der Waals surface area contributed by atoms with Crippen LogP contribution in [0.3, 0.4) is 0 Å². The fourth-order valence-corrected chi connectivity index (χ4v) is 2.80. The summed E-state index contributed by atoms with van der Waals surface area (Å²) < 4.78 is 0. The lowest BCUT2D eigenvalue weighted by Crippen LogP contribution is -2.37. The summed E-state index contributed by atoms with van der Waals surface area (Å²) in [7, 11) is 0. The first-order valence-electron chi connectivity index (χ1n) is 7.34. The van der Waals surface area contributed by atoms with Crippen molar-refractivity contribution in [1.29, 1.82) is 0 Å². The van der Waals surface area contributed by atoms with E-state index >= 15 is 0 Å². The molecule has 1 unspecified atom stereocenters. The van der Waals surface area contributed by atoms with Crippen LogP contribution in [0.25, 0.3) is 0 Å². The van der Waals surface area contributed by atoms with Gasteiger partial charge in [0, 0.05) is 0 Å². The highest BCUT2D eigenvalue weighted by Gasteiger charge is 2.38. The maximum absolute atomic E-state index is 12.0. The molecule has 2 nitrogen and oxygen atoms in total. The van der Waals surface area contributed by atoms with Crippen molar-refractivity contribution in [1.82, 2.24) is 0 Å². The Labute approximate surface area is 126 Å². The summed E-state index contributed by atoms with van der Waals surface area (Å²) in [6, 6.07) is 15.8. The van der Waals surface area contributed by atoms with Crippen LogP contribution in [0.15, 0.2) is 48.5 Å². The Morgan fingerprint density at radius 3 is 2.24 bits per heavy atom. The van der Waals surface area contributed by atoms with E-state index in [1.807, 2.05) is 43.3 Å². The molecular formula is C19H22O2. The second-order valence-electron chi connectivity index (χ2n) is 5.70. The van der Waals surface area contributed by atoms with Gasteiger partial charge in [-0.2, -0.15) is 0 Å². The predicted octanol–water partition coefficient (Wildman–Crippen LogP) is 4.28. The van der Waals surface area contributed by atoms with Crippen LogP contribution in [-0.2, 0) is 16.6 Å². The smallest absolute Gasteiger partial charge is 0.314 e. The minimum Gasteiger partial charge on any atom is -0.481 e. The van der Waals surface area contributed by atoms with Crippen LogP contribution in [0.4, 0.5) is 0 Å². The first kappa shape index (κ1) is 15.3. The number of benzene rings is 2. The van der Waals surface area contributed by atoms with Gasteiger partial charge in [0.2, 0.25) is 0 Å². The molecule has 2 aromatic rings. The van der Waals surface area contributed by atoms with Gasteiger partial charge in [0.1, 0.15) is 0 Å². The quantitative estimate of drug-likeness (QED) is 0.888. The Bertz CT molecular complexity index is 631. The zero-order chi connectivity index (χ0) is 15.5. The summed E-state index contributed by atoms with van der Waals surface area (Å²) in [5, 5.41) is 9.86. The fraction of sp³-hybridized carbons (Fsp3) is 0.316. The average Bonchev–Trinajstić information content (AvgIpc) is 2.49. The largest absolute Gasteiger partial charge is 0.481 e. The molecule has 0 saturated carbocycles. The second kappa shape index (κ2) is 6.13. The molecule has 2 aromatic carbocycles. The highest BCUT2D eigenvalue weighted by Crippen LogP contribution is 2.33. The Kier molecular flexibility index (Phi) is 4.46. The molecule has 1 atom stereocenters. The lowest BCUT2D eigenvalue weighted by molar-refractivity contribution is -0.144. The SMILES string of the molecule is CCC(Cc1ccc(C)c(C)c1)(C(=O)O)c1ccccc1. The number of carboxylic acids is 1. The van der Waals surface area contributed by atoms with Gasteiger partial charge >= 0.3 is 5.97 Å². The van der Waals surface area contributed by atoms with Gasteiger partial charge in [-0.15, -0.1) is 0 Å². The molecule has 110 valence electrons. The number of carbonyl (C=O) groups is 1. The second-order valence-corrected chi connectivity index (χ2v) is 5.70. The molecule has 0 heterocycles. The summed E-state index contributed by atoms with van der Waals surface area (Å²) in [5.41, 5.74) is 3.53. The summed E-state index contributed by atoms with van der Waals surface area (Å²) in [6.07, 6.45) is 1.09. The van der Waals surface area contributed by atoms with E-state index in [1.165, 1.54) is 11.1 Å². The van der Waals surface area contributed by atoms with Crippen molar-refractivity contribution in [2.75, 3.05) is 0 Å². The first-order valence-corrected chi connectivity index (χ1v) is 7.34. The summed E-state index contributed by atoms with van der Waals surface area (Å²) in [5.74, 6) is -0.755. The molecule has 0 aromatic heterocycles. The predicted molar refractivity (Wildman–Crippen MR) is 85.7 cm³/mol. The Morgan fingerprint density at radius 2 is 1.71 bits per heavy atom. The number of aliphatic carboxylic acids is 1. The van der Waals surface area contributed by atoms with Crippen molar-refractivity contribution in [3.8, 4) is 0 Å². The molecular weight excluding hydrogens is 260 g/mol. The van der Waals surface area contributed by atoms with Crippen LogP contribution in [0.2, 0.25) is 0 Å². The van der Waals surface area contributed by atoms with Gasteiger partial charge in [-0.1, -0.05) is 55.5 Å². The number of aryl methyl sites for hydroxylation is 2. The van der Waals surface area contributed by atoms with Crippen molar-refractivity contribution < 1.29 is 9.90 Å². The summed E-state index contributed by atoms with van der Waals surface area (Å²) in [6.45, 7) is 6.08. The molecule has 0 amide bonds. The van der Waals surface area contributed by atoms with Crippen LogP contribution in [0, 0.1) is 13.8 Å². The lowest BCUT2D eigenvalue weighted by atomic mass is 9.73. The zero-order valence-electron chi connectivity index (χ0n) is 12.9. The van der Waals surface area contributed by atoms with E-state index in [9.17, 15) is 9.90 Å². The number of hydrogen-bond acceptors (Lipinski definition) is 1. The van der Waals surface area contributed by atoms with Crippen LogP contribution in [0.1, 0.15) is 35.6 Å². The molecule has 0 radical (unpaired) electrons. The van der Waals surface area contributed by atoms with Gasteiger partial charge in [-0.05, 0) is 48.9 Å². The van der Waals surface area contributed by atoms with Crippen molar-refractivity contribution in [3.63, 3.8) is 0 Å². The van der Waals surface area contributed by atoms with Crippen LogP contribution in [0.5, 0.6) is 0 Å². The van der Waals surface area contributed by atoms with Gasteiger partial charge in [0.15, 0.2) is 0 Å². The van der Waals surface area contributed by atoms with E-state index in [1.54, 1.807) is 0 Å². The standard InChI is InChI=1S/C19H22O2/c1-4-19(18(20)21,17-8-6-5-7-9-17)13-16-11-10-14(2)15(3)12-16/h5-12H,4,13H2,1-3H3,(H,20,21). The molecule has 0 fully saturated rings. The summed E-state index contributed by atoms with van der Waals surface area (Å²) in [4.78, 5) is 12.0. The monoisotopic (exact) mass is 282 g/mol. The van der Waals surface area contributed by atoms with Crippen molar-refractivity contribution in [2.24, 2.45) is 0 Å². The molecule has 0 aliphatic rings. The van der Waals surface area contributed by atoms with Crippen molar-refractivity contribution in [2.45, 2.75) is 39.0 Å². The lowest BCUT2D eigenvalue weighted by Gasteiger charge is -2.29. The molecule has 0 aliphatic carbocycles. The molecule has 2 rings (SSSR count). The highest BCUT2D eigenvalue weighted by molar-refractivity contribution is 5.81. The van der Waals surface area contributed by atoms with E-state index in [2.05, 4.69) is 26.0 Å². The third kappa shape index (κ3) is 2.99. The third-order valence-corrected chi connectivity index (χ3v) is 4.42. The molecule has 21 heavy (non-hydrogen) atoms. The van der Waals surface area contributed by atoms with Gasteiger partial charge in [-0.3, -0.25) is 4.79 Å². The van der Waals surface area contributed by atoms with Gasteiger partial charge in [0.25, 0.3) is 0 Å². The molecule has 0 bridgehead atoms. The van der Waals surface area contributed by atoms with E-state index < -0.39 is 11.4 Å². The molecule has 0 saturated heterocycles. The maximum Gasteiger partial charge on any atom is 0.314 e. The Morgan fingerprint density at radius 1 is 1.05 bits per heavy atom. The average molecular weight is 282 g/mol. The van der Waals surface area contributed by atoms with Crippen LogP contribution >= 0.6 is 0 Å². The molecule has 0 aliphatic heterocycles. The van der Waals surface area contributed by atoms with Crippen molar-refractivity contribution in [3.05, 3.63) is 70.8 Å². The number of carboxylic acid groups (broad SMARTS) is 1. The topological polar surface area (TPSA) is 37.3 Å². The maximum atomic E-state index is 12.0. The number of hydrogen-bond donors (Lipinski definition) is 1. The van der Waals surface area contributed by atoms with Crippen LogP contribution in [-0.4, -0.2) is 11.1 Å². The Balaban J connectivity index is 2.46. The minimum atomic E-state index is -0.858. The molecule has 2 heteroatoms. The van der Waals surface area contributed by atoms with E-state index in [-0.39, 0.29) is 0 Å². The van der Waals surface area contributed by atoms with E-state index in [0.29, 0.717) is 12.8 Å². The van der Waals surface area contributed by atoms with E-state index in [4.69, 9.17) is 0 Å². The third-order valence-electron chi connectivity index (χ3n) is 4.42. The van der Waals surface area contributed by atoms with Crippen LogP contribution < -0.4 is 0 Å². The minimum absolute atomic E-state index is 0.518. The normalized spacial score (nSPS) is 13.7. The van der Waals surface area contributed by atoms with Gasteiger partial charge in [0.05, 0.1) is 5.41 Å². The zero-order valence-corrected chi connectivity index (χ0v) is 12.9. The van der Waals surface area contributed by atoms with Crippen molar-refractivity contribution >= 4 is 5.97 Å². The van der Waals surface area contributed by atoms with Gasteiger partial charge in [-0.25, -0.2) is 0 Å².